The zero-order valence-corrected chi connectivity index (χ0v) is 10.1. The van der Waals surface area contributed by atoms with Gasteiger partial charge in [-0.15, -0.1) is 0 Å². The highest BCUT2D eigenvalue weighted by molar-refractivity contribution is 6.00. The van der Waals surface area contributed by atoms with Crippen molar-refractivity contribution in [3.8, 4) is 0 Å². The van der Waals surface area contributed by atoms with E-state index in [1.54, 1.807) is 24.7 Å². The van der Waals surface area contributed by atoms with E-state index < -0.39 is 0 Å². The summed E-state index contributed by atoms with van der Waals surface area (Å²) >= 11 is 0. The number of benzene rings is 1. The third-order valence-corrected chi connectivity index (χ3v) is 2.97. The molecule has 5 nitrogen and oxygen atoms in total. The number of para-hydroxylation sites is 1. The molecule has 5 heteroatoms. The van der Waals surface area contributed by atoms with Crippen LogP contribution in [0.4, 0.5) is 5.69 Å². The highest BCUT2D eigenvalue weighted by Gasteiger charge is 2.10. The molecule has 96 valence electrons. The van der Waals surface area contributed by atoms with Crippen LogP contribution in [-0.2, 0) is 6.54 Å². The molecule has 0 radical (unpaired) electrons. The van der Waals surface area contributed by atoms with Gasteiger partial charge in [0.1, 0.15) is 5.69 Å². The number of carbonyl (C=O) groups excluding carboxylic acids is 1. The SMILES string of the molecule is Nc1cccc2cc(C(=O)NCc3ccoc3)[nH]c12. The lowest BCUT2D eigenvalue weighted by Gasteiger charge is -2.00. The van der Waals surface area contributed by atoms with E-state index in [0.717, 1.165) is 16.5 Å². The maximum atomic E-state index is 12.0. The Morgan fingerprint density at radius 3 is 3.00 bits per heavy atom. The summed E-state index contributed by atoms with van der Waals surface area (Å²) in [6, 6.07) is 9.17. The Labute approximate surface area is 109 Å². The predicted molar refractivity (Wildman–Crippen MR) is 72.6 cm³/mol. The molecule has 0 spiro atoms. The molecule has 0 aliphatic rings. The molecule has 0 aliphatic heterocycles. The van der Waals surface area contributed by atoms with Crippen LogP contribution in [0.15, 0.2) is 47.3 Å². The zero-order valence-electron chi connectivity index (χ0n) is 10.1. The first kappa shape index (κ1) is 11.4. The summed E-state index contributed by atoms with van der Waals surface area (Å²) in [4.78, 5) is 15.0. The molecule has 0 atom stereocenters. The Bertz CT molecular complexity index is 713. The summed E-state index contributed by atoms with van der Waals surface area (Å²) in [5, 5.41) is 3.74. The minimum Gasteiger partial charge on any atom is -0.472 e. The summed E-state index contributed by atoms with van der Waals surface area (Å²) in [5.41, 5.74) is 8.68. The molecule has 3 aromatic rings. The topological polar surface area (TPSA) is 84.1 Å². The Hall–Kier alpha value is -2.69. The van der Waals surface area contributed by atoms with E-state index in [-0.39, 0.29) is 5.91 Å². The van der Waals surface area contributed by atoms with E-state index in [1.165, 1.54) is 0 Å². The van der Waals surface area contributed by atoms with Crippen molar-refractivity contribution >= 4 is 22.5 Å². The van der Waals surface area contributed by atoms with Crippen LogP contribution >= 0.6 is 0 Å². The molecule has 0 aliphatic carbocycles. The van der Waals surface area contributed by atoms with Gasteiger partial charge in [-0.3, -0.25) is 4.79 Å². The third-order valence-electron chi connectivity index (χ3n) is 2.97. The van der Waals surface area contributed by atoms with Gasteiger partial charge in [0.25, 0.3) is 5.91 Å². The number of rotatable bonds is 3. The smallest absolute Gasteiger partial charge is 0.267 e. The lowest BCUT2D eigenvalue weighted by molar-refractivity contribution is 0.0946. The average molecular weight is 255 g/mol. The lowest BCUT2D eigenvalue weighted by Crippen LogP contribution is -2.22. The van der Waals surface area contributed by atoms with Gasteiger partial charge in [-0.1, -0.05) is 12.1 Å². The number of furan rings is 1. The molecule has 2 aromatic heterocycles. The van der Waals surface area contributed by atoms with Gasteiger partial charge in [0.2, 0.25) is 0 Å². The van der Waals surface area contributed by atoms with Gasteiger partial charge in [0, 0.05) is 17.5 Å². The Kier molecular flexibility index (Phi) is 2.72. The van der Waals surface area contributed by atoms with E-state index in [2.05, 4.69) is 10.3 Å². The first-order valence-electron chi connectivity index (χ1n) is 5.90. The summed E-state index contributed by atoms with van der Waals surface area (Å²) in [7, 11) is 0. The minimum absolute atomic E-state index is 0.170. The van der Waals surface area contributed by atoms with Gasteiger partial charge in [-0.25, -0.2) is 0 Å². The van der Waals surface area contributed by atoms with Crippen LogP contribution in [0.25, 0.3) is 10.9 Å². The summed E-state index contributed by atoms with van der Waals surface area (Å²) in [5.74, 6) is -0.170. The Morgan fingerprint density at radius 2 is 2.26 bits per heavy atom. The molecule has 4 N–H and O–H groups in total. The van der Waals surface area contributed by atoms with Gasteiger partial charge in [-0.2, -0.15) is 0 Å². The first-order valence-corrected chi connectivity index (χ1v) is 5.90. The van der Waals surface area contributed by atoms with Crippen molar-refractivity contribution < 1.29 is 9.21 Å². The van der Waals surface area contributed by atoms with Gasteiger partial charge in [0.05, 0.1) is 23.7 Å². The zero-order chi connectivity index (χ0) is 13.2. The number of hydrogen-bond donors (Lipinski definition) is 3. The maximum absolute atomic E-state index is 12.0. The second-order valence-electron chi connectivity index (χ2n) is 4.31. The molecular weight excluding hydrogens is 242 g/mol. The minimum atomic E-state index is -0.170. The number of nitrogen functional groups attached to an aromatic ring is 1. The maximum Gasteiger partial charge on any atom is 0.267 e. The van der Waals surface area contributed by atoms with Crippen molar-refractivity contribution in [2.75, 3.05) is 5.73 Å². The lowest BCUT2D eigenvalue weighted by atomic mass is 10.2. The third kappa shape index (κ3) is 2.18. The van der Waals surface area contributed by atoms with E-state index >= 15 is 0 Å². The van der Waals surface area contributed by atoms with Crippen LogP contribution in [0.5, 0.6) is 0 Å². The number of fused-ring (bicyclic) bond motifs is 1. The molecule has 1 amide bonds. The van der Waals surface area contributed by atoms with Crippen LogP contribution in [0, 0.1) is 0 Å². The van der Waals surface area contributed by atoms with Crippen LogP contribution in [0.1, 0.15) is 16.1 Å². The molecule has 1 aromatic carbocycles. The number of carbonyl (C=O) groups is 1. The number of nitrogens with one attached hydrogen (secondary N) is 2. The van der Waals surface area contributed by atoms with Crippen LogP contribution in [0.2, 0.25) is 0 Å². The summed E-state index contributed by atoms with van der Waals surface area (Å²) in [6.45, 7) is 0.431. The molecule has 2 heterocycles. The van der Waals surface area contributed by atoms with E-state index in [1.807, 2.05) is 18.2 Å². The van der Waals surface area contributed by atoms with Crippen LogP contribution in [-0.4, -0.2) is 10.9 Å². The molecule has 19 heavy (non-hydrogen) atoms. The monoisotopic (exact) mass is 255 g/mol. The van der Waals surface area contributed by atoms with Gasteiger partial charge >= 0.3 is 0 Å². The van der Waals surface area contributed by atoms with Gasteiger partial charge in [-0.05, 0) is 18.2 Å². The van der Waals surface area contributed by atoms with Crippen LogP contribution < -0.4 is 11.1 Å². The Morgan fingerprint density at radius 1 is 1.37 bits per heavy atom. The normalized spacial score (nSPS) is 10.7. The molecular formula is C14H13N3O2. The quantitative estimate of drug-likeness (QED) is 0.628. The fraction of sp³-hybridized carbons (Fsp3) is 0.0714. The first-order chi connectivity index (χ1) is 9.24. The number of amides is 1. The fourth-order valence-corrected chi connectivity index (χ4v) is 1.97. The standard InChI is InChI=1S/C14H13N3O2/c15-11-3-1-2-10-6-12(17-13(10)11)14(18)16-7-9-4-5-19-8-9/h1-6,8,17H,7,15H2,(H,16,18). The molecule has 0 fully saturated rings. The van der Waals surface area contributed by atoms with Gasteiger partial charge < -0.3 is 20.5 Å². The number of anilines is 1. The molecule has 0 saturated heterocycles. The van der Waals surface area contributed by atoms with E-state index in [4.69, 9.17) is 10.2 Å². The highest BCUT2D eigenvalue weighted by atomic mass is 16.3. The average Bonchev–Trinajstić information content (AvgIpc) is 3.05. The fourth-order valence-electron chi connectivity index (χ4n) is 1.97. The van der Waals surface area contributed by atoms with E-state index in [9.17, 15) is 4.79 Å². The number of aromatic nitrogens is 1. The largest absolute Gasteiger partial charge is 0.472 e. The second kappa shape index (κ2) is 4.53. The van der Waals surface area contributed by atoms with Crippen molar-refractivity contribution in [1.82, 2.24) is 10.3 Å². The number of aromatic amines is 1. The van der Waals surface area contributed by atoms with Gasteiger partial charge in [0.15, 0.2) is 0 Å². The Balaban J connectivity index is 1.80. The van der Waals surface area contributed by atoms with Crippen molar-refractivity contribution in [3.05, 3.63) is 54.1 Å². The molecule has 0 bridgehead atoms. The predicted octanol–water partition coefficient (Wildman–Crippen LogP) is 2.27. The van der Waals surface area contributed by atoms with E-state index in [0.29, 0.717) is 17.9 Å². The molecule has 0 saturated carbocycles. The van der Waals surface area contributed by atoms with Crippen molar-refractivity contribution in [3.63, 3.8) is 0 Å². The second-order valence-corrected chi connectivity index (χ2v) is 4.31. The number of hydrogen-bond acceptors (Lipinski definition) is 3. The summed E-state index contributed by atoms with van der Waals surface area (Å²) < 4.78 is 4.94. The van der Waals surface area contributed by atoms with Crippen LogP contribution in [0.3, 0.4) is 0 Å². The molecule has 3 rings (SSSR count). The molecule has 0 unspecified atom stereocenters. The highest BCUT2D eigenvalue weighted by Crippen LogP contribution is 2.21. The summed E-state index contributed by atoms with van der Waals surface area (Å²) in [6.07, 6.45) is 3.18. The van der Waals surface area contributed by atoms with Crippen molar-refractivity contribution in [2.24, 2.45) is 0 Å². The number of nitrogens with two attached hydrogens (primary N) is 1. The van der Waals surface area contributed by atoms with Crippen molar-refractivity contribution in [1.29, 1.82) is 0 Å². The van der Waals surface area contributed by atoms with Crippen molar-refractivity contribution in [2.45, 2.75) is 6.54 Å². The number of H-pyrrole nitrogens is 1.